The van der Waals surface area contributed by atoms with Gasteiger partial charge in [0.2, 0.25) is 5.91 Å². The average molecular weight is 304 g/mol. The summed E-state index contributed by atoms with van der Waals surface area (Å²) in [7, 11) is 0. The molecule has 0 aliphatic heterocycles. The number of nitrogens with one attached hydrogen (secondary N) is 1. The second-order valence-corrected chi connectivity index (χ2v) is 6.35. The third-order valence-electron chi connectivity index (χ3n) is 2.67. The van der Waals surface area contributed by atoms with E-state index in [9.17, 15) is 4.79 Å². The van der Waals surface area contributed by atoms with Gasteiger partial charge in [0.25, 0.3) is 0 Å². The summed E-state index contributed by atoms with van der Waals surface area (Å²) in [5.74, 6) is 2.39. The lowest BCUT2D eigenvalue weighted by Gasteiger charge is -2.20. The number of amides is 1. The molecule has 0 fully saturated rings. The number of nitrogens with zero attached hydrogens (tertiary/aromatic N) is 1. The van der Waals surface area contributed by atoms with Crippen molar-refractivity contribution in [2.75, 3.05) is 13.1 Å². The highest BCUT2D eigenvalue weighted by Crippen LogP contribution is 2.16. The normalized spacial score (nSPS) is 10.4. The van der Waals surface area contributed by atoms with E-state index >= 15 is 0 Å². The smallest absolute Gasteiger partial charge is 0.234 e. The average Bonchev–Trinajstić information content (AvgIpc) is 3.09. The molecule has 0 radical (unpaired) electrons. The molecule has 3 nitrogen and oxygen atoms in total. The summed E-state index contributed by atoms with van der Waals surface area (Å²) in [5, 5.41) is 6.82. The van der Waals surface area contributed by atoms with Gasteiger partial charge in [-0.05, 0) is 22.9 Å². The first-order valence-corrected chi connectivity index (χ1v) is 8.01. The first-order chi connectivity index (χ1) is 9.78. The minimum Gasteiger partial charge on any atom is -0.344 e. The predicted molar refractivity (Wildman–Crippen MR) is 84.6 cm³/mol. The molecule has 1 N–H and O–H groups in total. The molecule has 0 saturated heterocycles. The lowest BCUT2D eigenvalue weighted by Crippen LogP contribution is -2.36. The molecule has 20 heavy (non-hydrogen) atoms. The summed E-state index contributed by atoms with van der Waals surface area (Å²) in [6.07, 6.45) is 5.15. The number of carbonyl (C=O) groups is 1. The van der Waals surface area contributed by atoms with Gasteiger partial charge in [-0.2, -0.15) is 0 Å². The number of hydrogen-bond acceptors (Lipinski definition) is 4. The van der Waals surface area contributed by atoms with Gasteiger partial charge in [-0.1, -0.05) is 18.1 Å². The van der Waals surface area contributed by atoms with Crippen LogP contribution in [0.5, 0.6) is 0 Å². The molecule has 104 valence electrons. The molecular formula is C15H16N2OS2. The van der Waals surface area contributed by atoms with Gasteiger partial charge in [0.1, 0.15) is 0 Å². The van der Waals surface area contributed by atoms with Crippen LogP contribution in [0.1, 0.15) is 9.75 Å². The fourth-order valence-electron chi connectivity index (χ4n) is 1.82. The molecule has 0 aliphatic rings. The fourth-order valence-corrected chi connectivity index (χ4v) is 3.31. The molecule has 2 aromatic rings. The standard InChI is InChI=1S/C15H16N2OS2/c1-2-7-16-15(18)12-17(10-13-5-3-8-19-13)11-14-6-4-9-20-14/h1,3-6,8-9H,7,10-12H2,(H,16,18). The lowest BCUT2D eigenvalue weighted by atomic mass is 10.3. The van der Waals surface area contributed by atoms with E-state index in [1.807, 2.05) is 12.1 Å². The minimum absolute atomic E-state index is 0.0314. The van der Waals surface area contributed by atoms with E-state index in [4.69, 9.17) is 6.42 Å². The van der Waals surface area contributed by atoms with Crippen LogP contribution in [0.4, 0.5) is 0 Å². The quantitative estimate of drug-likeness (QED) is 0.797. The maximum Gasteiger partial charge on any atom is 0.234 e. The van der Waals surface area contributed by atoms with Crippen molar-refractivity contribution in [3.63, 3.8) is 0 Å². The van der Waals surface area contributed by atoms with Crippen molar-refractivity contribution < 1.29 is 4.79 Å². The van der Waals surface area contributed by atoms with Crippen molar-refractivity contribution in [3.8, 4) is 12.3 Å². The Morgan fingerprint density at radius 2 is 1.80 bits per heavy atom. The van der Waals surface area contributed by atoms with Crippen molar-refractivity contribution >= 4 is 28.6 Å². The van der Waals surface area contributed by atoms with Gasteiger partial charge in [0.15, 0.2) is 0 Å². The second-order valence-electron chi connectivity index (χ2n) is 4.28. The lowest BCUT2D eigenvalue weighted by molar-refractivity contribution is -0.122. The van der Waals surface area contributed by atoms with Gasteiger partial charge in [-0.3, -0.25) is 9.69 Å². The van der Waals surface area contributed by atoms with Gasteiger partial charge >= 0.3 is 0 Å². The van der Waals surface area contributed by atoms with Gasteiger partial charge in [-0.15, -0.1) is 29.1 Å². The van der Waals surface area contributed by atoms with Crippen LogP contribution in [-0.4, -0.2) is 23.9 Å². The summed E-state index contributed by atoms with van der Waals surface area (Å²) < 4.78 is 0. The van der Waals surface area contributed by atoms with Gasteiger partial charge in [0, 0.05) is 22.8 Å². The van der Waals surface area contributed by atoms with Crippen molar-refractivity contribution in [2.24, 2.45) is 0 Å². The maximum absolute atomic E-state index is 11.8. The molecule has 0 saturated carbocycles. The summed E-state index contributed by atoms with van der Waals surface area (Å²) in [6.45, 7) is 2.19. The third-order valence-corrected chi connectivity index (χ3v) is 4.40. The summed E-state index contributed by atoms with van der Waals surface area (Å²) >= 11 is 3.41. The summed E-state index contributed by atoms with van der Waals surface area (Å²) in [5.41, 5.74) is 0. The van der Waals surface area contributed by atoms with E-state index < -0.39 is 0 Å². The molecule has 2 aromatic heterocycles. The van der Waals surface area contributed by atoms with Gasteiger partial charge < -0.3 is 5.32 Å². The van der Waals surface area contributed by atoms with Crippen LogP contribution in [-0.2, 0) is 17.9 Å². The highest BCUT2D eigenvalue weighted by molar-refractivity contribution is 7.10. The Bertz CT molecular complexity index is 519. The first-order valence-electron chi connectivity index (χ1n) is 6.25. The number of carbonyl (C=O) groups excluding carboxylic acids is 1. The molecule has 0 aliphatic carbocycles. The molecule has 5 heteroatoms. The van der Waals surface area contributed by atoms with Crippen molar-refractivity contribution in [3.05, 3.63) is 44.8 Å². The van der Waals surface area contributed by atoms with E-state index in [0.29, 0.717) is 6.54 Å². The highest BCUT2D eigenvalue weighted by Gasteiger charge is 2.12. The Hall–Kier alpha value is -1.61. The number of terminal acetylenes is 1. The van der Waals surface area contributed by atoms with Crippen LogP contribution in [0.25, 0.3) is 0 Å². The predicted octanol–water partition coefficient (Wildman–Crippen LogP) is 2.56. The van der Waals surface area contributed by atoms with E-state index in [1.54, 1.807) is 22.7 Å². The summed E-state index contributed by atoms with van der Waals surface area (Å²) in [6, 6.07) is 8.24. The van der Waals surface area contributed by atoms with E-state index in [1.165, 1.54) is 9.75 Å². The van der Waals surface area contributed by atoms with Crippen molar-refractivity contribution in [2.45, 2.75) is 13.1 Å². The number of hydrogen-bond donors (Lipinski definition) is 1. The first kappa shape index (κ1) is 14.8. The molecule has 2 heterocycles. The van der Waals surface area contributed by atoms with E-state index in [2.05, 4.69) is 39.0 Å². The molecule has 0 atom stereocenters. The van der Waals surface area contributed by atoms with E-state index in [-0.39, 0.29) is 12.5 Å². The fraction of sp³-hybridized carbons (Fsp3) is 0.267. The maximum atomic E-state index is 11.8. The number of thiophene rings is 2. The van der Waals surface area contributed by atoms with Crippen molar-refractivity contribution in [1.82, 2.24) is 10.2 Å². The second kappa shape index (κ2) is 7.85. The van der Waals surface area contributed by atoms with Crippen LogP contribution in [0.15, 0.2) is 35.0 Å². The summed E-state index contributed by atoms with van der Waals surface area (Å²) in [4.78, 5) is 16.5. The SMILES string of the molecule is C#CCNC(=O)CN(Cc1cccs1)Cc1cccs1. The third kappa shape index (κ3) is 4.82. The van der Waals surface area contributed by atoms with Crippen LogP contribution in [0.2, 0.25) is 0 Å². The molecule has 0 aromatic carbocycles. The molecule has 0 spiro atoms. The Morgan fingerprint density at radius 1 is 1.20 bits per heavy atom. The molecular weight excluding hydrogens is 288 g/mol. The van der Waals surface area contributed by atoms with Gasteiger partial charge in [0.05, 0.1) is 13.1 Å². The molecule has 1 amide bonds. The Morgan fingerprint density at radius 3 is 2.25 bits per heavy atom. The topological polar surface area (TPSA) is 32.3 Å². The molecule has 0 bridgehead atoms. The zero-order valence-corrected chi connectivity index (χ0v) is 12.7. The molecule has 2 rings (SSSR count). The van der Waals surface area contributed by atoms with Crippen LogP contribution < -0.4 is 5.32 Å². The van der Waals surface area contributed by atoms with Crippen LogP contribution in [0, 0.1) is 12.3 Å². The molecule has 0 unspecified atom stereocenters. The largest absolute Gasteiger partial charge is 0.344 e. The van der Waals surface area contributed by atoms with Crippen molar-refractivity contribution in [1.29, 1.82) is 0 Å². The van der Waals surface area contributed by atoms with Crippen LogP contribution >= 0.6 is 22.7 Å². The Labute approximate surface area is 127 Å². The van der Waals surface area contributed by atoms with Crippen LogP contribution in [0.3, 0.4) is 0 Å². The van der Waals surface area contributed by atoms with Gasteiger partial charge in [-0.25, -0.2) is 0 Å². The minimum atomic E-state index is -0.0314. The highest BCUT2D eigenvalue weighted by atomic mass is 32.1. The van der Waals surface area contributed by atoms with E-state index in [0.717, 1.165) is 13.1 Å². The zero-order valence-electron chi connectivity index (χ0n) is 11.0. The zero-order chi connectivity index (χ0) is 14.2. The Kier molecular flexibility index (Phi) is 5.81. The number of rotatable bonds is 7. The monoisotopic (exact) mass is 304 g/mol. The Balaban J connectivity index is 1.96.